The Morgan fingerprint density at radius 1 is 0.675 bits per heavy atom. The highest BCUT2D eigenvalue weighted by Crippen LogP contribution is 2.36. The van der Waals surface area contributed by atoms with Crippen LogP contribution in [0.2, 0.25) is 0 Å². The summed E-state index contributed by atoms with van der Waals surface area (Å²) in [5.74, 6) is -1.17. The quantitative estimate of drug-likeness (QED) is 0.290. The smallest absolute Gasteiger partial charge is 0.346 e. The number of nitrogens with zero attached hydrogens (tertiary/aromatic N) is 6. The molecular formula is C28H26N8O4. The molecule has 6 rings (SSSR count). The molecule has 6 amide bonds. The third-order valence-electron chi connectivity index (χ3n) is 6.89. The lowest BCUT2D eigenvalue weighted by Gasteiger charge is -2.28. The molecule has 0 unspecified atom stereocenters. The highest BCUT2D eigenvalue weighted by atomic mass is 16.2. The van der Waals surface area contributed by atoms with E-state index in [1.165, 1.54) is 12.2 Å². The zero-order valence-corrected chi connectivity index (χ0v) is 22.2. The van der Waals surface area contributed by atoms with Gasteiger partial charge in [0.15, 0.2) is 0 Å². The fourth-order valence-electron chi connectivity index (χ4n) is 5.04. The molecule has 0 aromatic carbocycles. The summed E-state index contributed by atoms with van der Waals surface area (Å²) in [6.45, 7) is 6.83. The summed E-state index contributed by atoms with van der Waals surface area (Å²) in [4.78, 5) is 71.9. The topological polar surface area (TPSA) is 139 Å². The largest absolute Gasteiger partial charge is 0.351 e. The predicted molar refractivity (Wildman–Crippen MR) is 147 cm³/mol. The molecule has 0 radical (unpaired) electrons. The second kappa shape index (κ2) is 9.19. The third-order valence-corrected chi connectivity index (χ3v) is 6.89. The second-order valence-corrected chi connectivity index (χ2v) is 10.1. The Kier molecular flexibility index (Phi) is 5.75. The molecule has 202 valence electrons. The van der Waals surface area contributed by atoms with E-state index < -0.39 is 36.0 Å². The average molecular weight is 539 g/mol. The van der Waals surface area contributed by atoms with Crippen LogP contribution < -0.4 is 0 Å². The number of aromatic amines is 2. The highest BCUT2D eigenvalue weighted by molar-refractivity contribution is 6.19. The van der Waals surface area contributed by atoms with Crippen molar-refractivity contribution in [2.45, 2.75) is 39.8 Å². The Hall–Kier alpha value is -5.26. The van der Waals surface area contributed by atoms with Crippen molar-refractivity contribution in [2.24, 2.45) is 0 Å². The van der Waals surface area contributed by atoms with Gasteiger partial charge >= 0.3 is 12.1 Å². The number of hydrogen-bond donors (Lipinski definition) is 2. The number of nitrogens with one attached hydrogen (secondary N) is 2. The van der Waals surface area contributed by atoms with Crippen molar-refractivity contribution in [3.8, 4) is 0 Å². The van der Waals surface area contributed by atoms with Crippen molar-refractivity contribution >= 4 is 58.1 Å². The van der Waals surface area contributed by atoms with Crippen molar-refractivity contribution < 1.29 is 19.2 Å². The van der Waals surface area contributed by atoms with Gasteiger partial charge in [-0.3, -0.25) is 19.4 Å². The number of aromatic nitrogens is 4. The molecule has 0 saturated carbocycles. The lowest BCUT2D eigenvalue weighted by Crippen LogP contribution is -2.48. The van der Waals surface area contributed by atoms with Crippen molar-refractivity contribution in [1.82, 2.24) is 39.8 Å². The molecule has 4 aromatic rings. The minimum atomic E-state index is -0.734. The zero-order valence-electron chi connectivity index (χ0n) is 22.2. The van der Waals surface area contributed by atoms with Gasteiger partial charge < -0.3 is 9.97 Å². The number of carbonyl (C=O) groups is 4. The Morgan fingerprint density at radius 2 is 1.07 bits per heavy atom. The number of urea groups is 2. The number of hydrazine groups is 1. The number of fused-ring (bicyclic) bond motifs is 2. The molecule has 2 N–H and O–H groups in total. The van der Waals surface area contributed by atoms with Crippen molar-refractivity contribution in [3.05, 3.63) is 71.6 Å². The maximum absolute atomic E-state index is 13.8. The van der Waals surface area contributed by atoms with Crippen molar-refractivity contribution in [1.29, 1.82) is 0 Å². The molecule has 2 aliphatic rings. The van der Waals surface area contributed by atoms with Crippen LogP contribution in [-0.2, 0) is 9.59 Å². The van der Waals surface area contributed by atoms with Gasteiger partial charge in [0.25, 0.3) is 11.8 Å². The minimum Gasteiger partial charge on any atom is -0.346 e. The van der Waals surface area contributed by atoms with Crippen LogP contribution in [0.1, 0.15) is 38.8 Å². The third kappa shape index (κ3) is 3.67. The van der Waals surface area contributed by atoms with Gasteiger partial charge in [-0.2, -0.15) is 10.0 Å². The number of amides is 6. The van der Waals surface area contributed by atoms with Crippen LogP contribution >= 0.6 is 0 Å². The van der Waals surface area contributed by atoms with Crippen molar-refractivity contribution in [3.63, 3.8) is 0 Å². The van der Waals surface area contributed by atoms with Crippen LogP contribution in [-0.4, -0.2) is 75.7 Å². The van der Waals surface area contributed by atoms with Crippen molar-refractivity contribution in [2.75, 3.05) is 0 Å². The summed E-state index contributed by atoms with van der Waals surface area (Å²) in [6, 6.07) is 4.72. The zero-order chi connectivity index (χ0) is 28.3. The summed E-state index contributed by atoms with van der Waals surface area (Å²) in [7, 11) is 0. The fourth-order valence-corrected chi connectivity index (χ4v) is 5.04. The molecule has 2 fully saturated rings. The molecule has 2 saturated heterocycles. The average Bonchev–Trinajstić information content (AvgIpc) is 3.64. The van der Waals surface area contributed by atoms with Crippen LogP contribution in [0, 0.1) is 0 Å². The Balaban J connectivity index is 1.55. The van der Waals surface area contributed by atoms with Crippen LogP contribution in [0.4, 0.5) is 9.59 Å². The SMILES string of the molecule is CC(C)N1C(=O)/C(=C/c2c[nH]c3ncccc23)N(N2C(=O)N(C(C)C)C(=O)/C2=C/c2c[nH]c3ncccc23)C1=O. The van der Waals surface area contributed by atoms with E-state index in [1.54, 1.807) is 64.6 Å². The molecule has 40 heavy (non-hydrogen) atoms. The lowest BCUT2D eigenvalue weighted by atomic mass is 10.1. The first-order valence-corrected chi connectivity index (χ1v) is 12.8. The first-order valence-electron chi connectivity index (χ1n) is 12.8. The van der Waals surface area contributed by atoms with E-state index in [0.717, 1.165) is 30.6 Å². The summed E-state index contributed by atoms with van der Waals surface area (Å²) in [5.41, 5.74) is 2.27. The molecule has 4 aromatic heterocycles. The highest BCUT2D eigenvalue weighted by Gasteiger charge is 2.54. The molecule has 0 aliphatic carbocycles. The lowest BCUT2D eigenvalue weighted by molar-refractivity contribution is -0.125. The molecule has 0 spiro atoms. The first-order chi connectivity index (χ1) is 19.2. The summed E-state index contributed by atoms with van der Waals surface area (Å²) in [5, 5.41) is 3.46. The molecule has 2 aliphatic heterocycles. The maximum Gasteiger partial charge on any atom is 0.351 e. The van der Waals surface area contributed by atoms with Crippen LogP contribution in [0.3, 0.4) is 0 Å². The number of rotatable bonds is 5. The van der Waals surface area contributed by atoms with E-state index in [4.69, 9.17) is 0 Å². The summed E-state index contributed by atoms with van der Waals surface area (Å²) >= 11 is 0. The van der Waals surface area contributed by atoms with E-state index in [-0.39, 0.29) is 11.4 Å². The van der Waals surface area contributed by atoms with Gasteiger partial charge in [-0.05, 0) is 64.1 Å². The molecule has 12 heteroatoms. The number of hydrogen-bond acceptors (Lipinski definition) is 6. The predicted octanol–water partition coefficient (Wildman–Crippen LogP) is 4.08. The molecule has 12 nitrogen and oxygen atoms in total. The number of imide groups is 2. The van der Waals surface area contributed by atoms with Crippen LogP contribution in [0.15, 0.2) is 60.4 Å². The van der Waals surface area contributed by atoms with Crippen LogP contribution in [0.25, 0.3) is 34.2 Å². The van der Waals surface area contributed by atoms with E-state index in [9.17, 15) is 19.2 Å². The Labute approximate surface area is 228 Å². The standard InChI is InChI=1S/C28H26N8O4/c1-15(2)33-25(37)21(11-17-13-31-23-19(17)7-5-9-29-23)35(27(33)39)36-22(26(38)34(16(3)4)28(36)40)12-18-14-32-24-20(18)8-6-10-30-24/h5-16H,1-4H3,(H,29,31)(H,30,32)/b21-11-,22-12-. The Morgan fingerprint density at radius 3 is 1.45 bits per heavy atom. The van der Waals surface area contributed by atoms with E-state index in [0.29, 0.717) is 22.4 Å². The van der Waals surface area contributed by atoms with Gasteiger partial charge in [0, 0.05) is 58.8 Å². The maximum atomic E-state index is 13.8. The molecule has 6 heterocycles. The van der Waals surface area contributed by atoms with Gasteiger partial charge in [0.1, 0.15) is 22.7 Å². The van der Waals surface area contributed by atoms with Crippen LogP contribution in [0.5, 0.6) is 0 Å². The van der Waals surface area contributed by atoms with E-state index in [2.05, 4.69) is 19.9 Å². The molecule has 0 bridgehead atoms. The monoisotopic (exact) mass is 538 g/mol. The van der Waals surface area contributed by atoms with E-state index in [1.807, 2.05) is 12.1 Å². The van der Waals surface area contributed by atoms with E-state index >= 15 is 0 Å². The van der Waals surface area contributed by atoms with Gasteiger partial charge in [-0.15, -0.1) is 0 Å². The summed E-state index contributed by atoms with van der Waals surface area (Å²) in [6.07, 6.45) is 9.69. The molecular weight excluding hydrogens is 512 g/mol. The van der Waals surface area contributed by atoms with Gasteiger partial charge in [0.2, 0.25) is 0 Å². The van der Waals surface area contributed by atoms with Gasteiger partial charge in [-0.1, -0.05) is 0 Å². The number of H-pyrrole nitrogens is 2. The molecule has 0 atom stereocenters. The first kappa shape index (κ1) is 25.0. The second-order valence-electron chi connectivity index (χ2n) is 10.1. The Bertz CT molecular complexity index is 1650. The number of pyridine rings is 2. The fraction of sp³-hybridized carbons (Fsp3) is 0.214. The van der Waals surface area contributed by atoms with Gasteiger partial charge in [-0.25, -0.2) is 19.6 Å². The normalized spacial score (nSPS) is 18.6. The number of carbonyl (C=O) groups excluding carboxylic acids is 4. The summed E-state index contributed by atoms with van der Waals surface area (Å²) < 4.78 is 0. The van der Waals surface area contributed by atoms with Gasteiger partial charge in [0.05, 0.1) is 0 Å². The minimum absolute atomic E-state index is 0.0679.